The highest BCUT2D eigenvalue weighted by Crippen LogP contribution is 2.12. The first kappa shape index (κ1) is 13.1. The van der Waals surface area contributed by atoms with Gasteiger partial charge in [0.15, 0.2) is 0 Å². The van der Waals surface area contributed by atoms with Crippen molar-refractivity contribution < 1.29 is 4.74 Å². The van der Waals surface area contributed by atoms with E-state index in [1.165, 1.54) is 5.56 Å². The van der Waals surface area contributed by atoms with Gasteiger partial charge in [-0.15, -0.1) is 0 Å². The van der Waals surface area contributed by atoms with Gasteiger partial charge >= 0.3 is 0 Å². The zero-order valence-electron chi connectivity index (χ0n) is 10.8. The van der Waals surface area contributed by atoms with Gasteiger partial charge < -0.3 is 4.74 Å². The Morgan fingerprint density at radius 1 is 1.05 bits per heavy atom. The quantitative estimate of drug-likeness (QED) is 0.564. The van der Waals surface area contributed by atoms with Gasteiger partial charge in [-0.25, -0.2) is 0 Å². The summed E-state index contributed by atoms with van der Waals surface area (Å²) in [6.07, 6.45) is 3.60. The summed E-state index contributed by atoms with van der Waals surface area (Å²) in [6.45, 7) is 4.84. The van der Waals surface area contributed by atoms with Crippen LogP contribution in [0.5, 0.6) is 5.75 Å². The lowest BCUT2D eigenvalue weighted by atomic mass is 10.2. The SMILES string of the molecule is C=CCOc1cccc(C=NCc2ccccc2)c1. The van der Waals surface area contributed by atoms with Crippen LogP contribution in [0.15, 0.2) is 72.2 Å². The van der Waals surface area contributed by atoms with Crippen molar-refractivity contribution in [1.82, 2.24) is 0 Å². The van der Waals surface area contributed by atoms with E-state index in [1.807, 2.05) is 48.7 Å². The van der Waals surface area contributed by atoms with Crippen LogP contribution in [0.3, 0.4) is 0 Å². The van der Waals surface area contributed by atoms with E-state index in [0.29, 0.717) is 13.2 Å². The number of nitrogens with zero attached hydrogens (tertiary/aromatic N) is 1. The fraction of sp³-hybridized carbons (Fsp3) is 0.118. The maximum atomic E-state index is 5.48. The van der Waals surface area contributed by atoms with Gasteiger partial charge in [-0.1, -0.05) is 55.1 Å². The van der Waals surface area contributed by atoms with Crippen LogP contribution >= 0.6 is 0 Å². The Labute approximate surface area is 114 Å². The summed E-state index contributed by atoms with van der Waals surface area (Å²) in [5, 5.41) is 0. The second kappa shape index (κ2) is 7.17. The second-order valence-electron chi connectivity index (χ2n) is 4.13. The molecule has 2 aromatic carbocycles. The van der Waals surface area contributed by atoms with Crippen molar-refractivity contribution >= 4 is 6.21 Å². The van der Waals surface area contributed by atoms with Gasteiger partial charge in [-0.3, -0.25) is 4.99 Å². The molecule has 2 aromatic rings. The first-order chi connectivity index (χ1) is 9.38. The van der Waals surface area contributed by atoms with E-state index in [1.54, 1.807) is 6.08 Å². The molecule has 0 aliphatic carbocycles. The fourth-order valence-electron chi connectivity index (χ4n) is 1.68. The predicted octanol–water partition coefficient (Wildman–Crippen LogP) is 3.87. The smallest absolute Gasteiger partial charge is 0.120 e. The fourth-order valence-corrected chi connectivity index (χ4v) is 1.68. The molecule has 0 saturated heterocycles. The summed E-state index contributed by atoms with van der Waals surface area (Å²) in [5.74, 6) is 0.837. The average molecular weight is 251 g/mol. The average Bonchev–Trinajstić information content (AvgIpc) is 2.47. The van der Waals surface area contributed by atoms with Crippen molar-refractivity contribution in [3.63, 3.8) is 0 Å². The first-order valence-corrected chi connectivity index (χ1v) is 6.26. The van der Waals surface area contributed by atoms with E-state index in [2.05, 4.69) is 23.7 Å². The molecule has 0 spiro atoms. The number of hydrogen-bond acceptors (Lipinski definition) is 2. The molecule has 0 atom stereocenters. The van der Waals surface area contributed by atoms with Crippen LogP contribution in [0.2, 0.25) is 0 Å². The van der Waals surface area contributed by atoms with E-state index < -0.39 is 0 Å². The zero-order chi connectivity index (χ0) is 13.3. The Bertz CT molecular complexity index is 546. The molecule has 0 radical (unpaired) electrons. The van der Waals surface area contributed by atoms with E-state index in [-0.39, 0.29) is 0 Å². The summed E-state index contributed by atoms with van der Waals surface area (Å²) < 4.78 is 5.48. The monoisotopic (exact) mass is 251 g/mol. The van der Waals surface area contributed by atoms with E-state index in [9.17, 15) is 0 Å². The molecular formula is C17H17NO. The summed E-state index contributed by atoms with van der Waals surface area (Å²) >= 11 is 0. The largest absolute Gasteiger partial charge is 0.490 e. The lowest BCUT2D eigenvalue weighted by Gasteiger charge is -2.03. The molecule has 0 aliphatic rings. The van der Waals surface area contributed by atoms with Crippen molar-refractivity contribution in [1.29, 1.82) is 0 Å². The summed E-state index contributed by atoms with van der Waals surface area (Å²) in [5.41, 5.74) is 2.25. The molecule has 2 heteroatoms. The molecule has 96 valence electrons. The summed E-state index contributed by atoms with van der Waals surface area (Å²) in [4.78, 5) is 4.43. The van der Waals surface area contributed by atoms with Crippen molar-refractivity contribution in [2.24, 2.45) is 4.99 Å². The Balaban J connectivity index is 1.96. The van der Waals surface area contributed by atoms with E-state index >= 15 is 0 Å². The molecule has 0 N–H and O–H groups in total. The molecule has 2 nitrogen and oxygen atoms in total. The topological polar surface area (TPSA) is 21.6 Å². The molecule has 19 heavy (non-hydrogen) atoms. The first-order valence-electron chi connectivity index (χ1n) is 6.26. The van der Waals surface area contributed by atoms with Gasteiger partial charge in [0.2, 0.25) is 0 Å². The van der Waals surface area contributed by atoms with Crippen LogP contribution < -0.4 is 4.74 Å². The molecule has 2 rings (SSSR count). The highest BCUT2D eigenvalue weighted by atomic mass is 16.5. The van der Waals surface area contributed by atoms with Gasteiger partial charge in [0.1, 0.15) is 12.4 Å². The number of ether oxygens (including phenoxy) is 1. The minimum absolute atomic E-state index is 0.518. The molecule has 0 amide bonds. The normalized spacial score (nSPS) is 10.5. The highest BCUT2D eigenvalue weighted by Gasteiger charge is 1.94. The molecule has 0 unspecified atom stereocenters. The van der Waals surface area contributed by atoms with Gasteiger partial charge in [0.25, 0.3) is 0 Å². The van der Waals surface area contributed by atoms with Crippen LogP contribution in [0.1, 0.15) is 11.1 Å². The molecule has 0 aromatic heterocycles. The molecule has 0 aliphatic heterocycles. The highest BCUT2D eigenvalue weighted by molar-refractivity contribution is 5.80. The van der Waals surface area contributed by atoms with E-state index in [0.717, 1.165) is 11.3 Å². The maximum absolute atomic E-state index is 5.48. The van der Waals surface area contributed by atoms with Crippen LogP contribution in [-0.2, 0) is 6.54 Å². The van der Waals surface area contributed by atoms with Crippen LogP contribution in [0.25, 0.3) is 0 Å². The van der Waals surface area contributed by atoms with Crippen molar-refractivity contribution in [2.75, 3.05) is 6.61 Å². The van der Waals surface area contributed by atoms with Crippen LogP contribution in [0.4, 0.5) is 0 Å². The van der Waals surface area contributed by atoms with Crippen molar-refractivity contribution in [3.05, 3.63) is 78.4 Å². The minimum atomic E-state index is 0.518. The minimum Gasteiger partial charge on any atom is -0.490 e. The third kappa shape index (κ3) is 4.43. The van der Waals surface area contributed by atoms with Crippen LogP contribution in [0, 0.1) is 0 Å². The molecular weight excluding hydrogens is 234 g/mol. The van der Waals surface area contributed by atoms with Crippen molar-refractivity contribution in [2.45, 2.75) is 6.54 Å². The van der Waals surface area contributed by atoms with Crippen LogP contribution in [-0.4, -0.2) is 12.8 Å². The molecule has 0 fully saturated rings. The van der Waals surface area contributed by atoms with Gasteiger partial charge in [-0.2, -0.15) is 0 Å². The summed E-state index contributed by atoms with van der Waals surface area (Å²) in [6, 6.07) is 18.1. The predicted molar refractivity (Wildman–Crippen MR) is 79.9 cm³/mol. The number of rotatable bonds is 6. The van der Waals surface area contributed by atoms with Gasteiger partial charge in [-0.05, 0) is 23.3 Å². The number of benzene rings is 2. The lowest BCUT2D eigenvalue weighted by Crippen LogP contribution is -1.93. The van der Waals surface area contributed by atoms with Gasteiger partial charge in [0, 0.05) is 6.21 Å². The van der Waals surface area contributed by atoms with E-state index in [4.69, 9.17) is 4.74 Å². The molecule has 0 saturated carbocycles. The Kier molecular flexibility index (Phi) is 4.94. The standard InChI is InChI=1S/C17H17NO/c1-2-11-19-17-10-6-9-16(12-17)14-18-13-15-7-4-3-5-8-15/h2-10,12,14H,1,11,13H2. The Morgan fingerprint density at radius 2 is 1.89 bits per heavy atom. The lowest BCUT2D eigenvalue weighted by molar-refractivity contribution is 0.363. The maximum Gasteiger partial charge on any atom is 0.120 e. The third-order valence-electron chi connectivity index (χ3n) is 2.58. The number of hydrogen-bond donors (Lipinski definition) is 0. The third-order valence-corrected chi connectivity index (χ3v) is 2.58. The summed E-state index contributed by atoms with van der Waals surface area (Å²) in [7, 11) is 0. The Morgan fingerprint density at radius 3 is 2.68 bits per heavy atom. The molecule has 0 heterocycles. The second-order valence-corrected chi connectivity index (χ2v) is 4.13. The molecule has 0 bridgehead atoms. The Hall–Kier alpha value is -2.35. The number of aliphatic imine (C=N–C) groups is 1. The zero-order valence-corrected chi connectivity index (χ0v) is 10.8. The van der Waals surface area contributed by atoms with Crippen molar-refractivity contribution in [3.8, 4) is 5.75 Å². The van der Waals surface area contributed by atoms with Gasteiger partial charge in [0.05, 0.1) is 6.54 Å².